The molecule has 1 saturated carbocycles. The molecule has 3 rings (SSSR count). The topological polar surface area (TPSA) is 138 Å². The quantitative estimate of drug-likeness (QED) is 0.296. The van der Waals surface area contributed by atoms with Gasteiger partial charge in [-0.05, 0) is 37.1 Å². The van der Waals surface area contributed by atoms with Crippen LogP contribution in [0.4, 0.5) is 0 Å². The van der Waals surface area contributed by atoms with Crippen molar-refractivity contribution < 1.29 is 39.4 Å². The number of benzene rings is 1. The Morgan fingerprint density at radius 2 is 1.87 bits per heavy atom. The highest BCUT2D eigenvalue weighted by Gasteiger charge is 2.53. The molecule has 2 aliphatic rings. The van der Waals surface area contributed by atoms with Gasteiger partial charge in [0.05, 0.1) is 12.6 Å². The third-order valence-electron chi connectivity index (χ3n) is 5.63. The molecule has 9 nitrogen and oxygen atoms in total. The summed E-state index contributed by atoms with van der Waals surface area (Å²) >= 11 is 0. The van der Waals surface area contributed by atoms with Crippen molar-refractivity contribution >= 4 is 12.0 Å². The van der Waals surface area contributed by atoms with Crippen LogP contribution in [0.5, 0.6) is 11.5 Å². The number of amides is 1. The third-order valence-corrected chi connectivity index (χ3v) is 5.63. The van der Waals surface area contributed by atoms with E-state index in [0.29, 0.717) is 17.9 Å². The number of fused-ring (bicyclic) bond motifs is 1. The number of aliphatic hydroxyl groups is 3. The Hall–Kier alpha value is -2.17. The van der Waals surface area contributed by atoms with E-state index in [1.54, 1.807) is 25.1 Å². The molecule has 1 aromatic carbocycles. The molecule has 1 aromatic rings. The van der Waals surface area contributed by atoms with Gasteiger partial charge in [0.25, 0.3) is 0 Å². The number of aromatic hydroxyl groups is 1. The van der Waals surface area contributed by atoms with Crippen molar-refractivity contribution in [1.29, 1.82) is 0 Å². The summed E-state index contributed by atoms with van der Waals surface area (Å²) in [5.74, 6) is -0.178. The molecule has 0 bridgehead atoms. The SMILES string of the molecule is CCCCCOc1ccc(/C=C(\C)C(=O)N[C@@H]2[C@H](O)[C@@H](O)[C@H]3OCO[C@H]3[C@@H]2O)cc1O. The first-order chi connectivity index (χ1) is 14.8. The molecular weight excluding hydrogens is 406 g/mol. The molecule has 0 aromatic heterocycles. The number of aliphatic hydroxyl groups excluding tert-OH is 3. The van der Waals surface area contributed by atoms with Crippen molar-refractivity contribution in [2.45, 2.75) is 69.7 Å². The van der Waals surface area contributed by atoms with Crippen molar-refractivity contribution in [3.8, 4) is 11.5 Å². The second-order valence-corrected chi connectivity index (χ2v) is 7.96. The van der Waals surface area contributed by atoms with E-state index in [2.05, 4.69) is 12.2 Å². The fraction of sp³-hybridized carbons (Fsp3) is 0.591. The summed E-state index contributed by atoms with van der Waals surface area (Å²) in [6.45, 7) is 4.09. The lowest BCUT2D eigenvalue weighted by Crippen LogP contribution is -2.67. The van der Waals surface area contributed by atoms with Crippen LogP contribution < -0.4 is 10.1 Å². The van der Waals surface area contributed by atoms with Gasteiger partial charge < -0.3 is 40.0 Å². The van der Waals surface area contributed by atoms with Crippen LogP contribution in [-0.2, 0) is 14.3 Å². The summed E-state index contributed by atoms with van der Waals surface area (Å²) in [6.07, 6.45) is -1.04. The predicted octanol–water partition coefficient (Wildman–Crippen LogP) is 0.687. The average molecular weight is 437 g/mol. The molecule has 31 heavy (non-hydrogen) atoms. The zero-order chi connectivity index (χ0) is 22.5. The molecule has 0 spiro atoms. The van der Waals surface area contributed by atoms with Crippen LogP contribution in [-0.4, -0.2) is 76.3 Å². The minimum absolute atomic E-state index is 0.0240. The molecular formula is C22H31NO8. The van der Waals surface area contributed by atoms with Gasteiger partial charge in [0.1, 0.15) is 37.3 Å². The van der Waals surface area contributed by atoms with Crippen molar-refractivity contribution in [2.75, 3.05) is 13.4 Å². The highest BCUT2D eigenvalue weighted by atomic mass is 16.7. The number of rotatable bonds is 8. The number of nitrogens with one attached hydrogen (secondary N) is 1. The number of hydrogen-bond acceptors (Lipinski definition) is 8. The number of unbranched alkanes of at least 4 members (excludes halogenated alkanes) is 2. The first-order valence-corrected chi connectivity index (χ1v) is 10.6. The molecule has 172 valence electrons. The summed E-state index contributed by atoms with van der Waals surface area (Å²) in [6, 6.07) is 3.73. The van der Waals surface area contributed by atoms with Crippen LogP contribution in [0.1, 0.15) is 38.7 Å². The lowest BCUT2D eigenvalue weighted by molar-refractivity contribution is -0.155. The van der Waals surface area contributed by atoms with Gasteiger partial charge in [-0.2, -0.15) is 0 Å². The van der Waals surface area contributed by atoms with E-state index < -0.39 is 42.5 Å². The third kappa shape index (κ3) is 5.36. The fourth-order valence-corrected chi connectivity index (χ4v) is 3.82. The lowest BCUT2D eigenvalue weighted by atomic mass is 9.83. The van der Waals surface area contributed by atoms with E-state index in [1.807, 2.05) is 0 Å². The molecule has 6 atom stereocenters. The Bertz CT molecular complexity index is 798. The first kappa shape index (κ1) is 23.5. The van der Waals surface area contributed by atoms with Crippen molar-refractivity contribution in [1.82, 2.24) is 5.32 Å². The van der Waals surface area contributed by atoms with Gasteiger partial charge in [-0.15, -0.1) is 0 Å². The van der Waals surface area contributed by atoms with Crippen LogP contribution in [0.15, 0.2) is 23.8 Å². The minimum atomic E-state index is -1.41. The van der Waals surface area contributed by atoms with Crippen LogP contribution in [0.3, 0.4) is 0 Å². The molecule has 5 N–H and O–H groups in total. The standard InChI is InChI=1S/C22H31NO8/c1-3-4-5-8-29-15-7-6-13(10-14(15)24)9-12(2)22(28)23-16-17(25)19(27)21-20(18(16)26)30-11-31-21/h6-7,9-10,16-21,24-27H,3-5,8,11H2,1-2H3,(H,23,28)/b12-9+/t16-,17+,18-,19-,20+,21-/m1/s1. The maximum absolute atomic E-state index is 12.6. The maximum Gasteiger partial charge on any atom is 0.247 e. The van der Waals surface area contributed by atoms with Crippen LogP contribution in [0.25, 0.3) is 6.08 Å². The Kier molecular flexibility index (Phi) is 7.90. The lowest BCUT2D eigenvalue weighted by Gasteiger charge is -2.41. The Labute approximate surface area is 181 Å². The molecule has 0 radical (unpaired) electrons. The van der Waals surface area contributed by atoms with Crippen molar-refractivity contribution in [3.05, 3.63) is 29.3 Å². The number of phenolic OH excluding ortho intramolecular Hbond substituents is 1. The second-order valence-electron chi connectivity index (χ2n) is 7.96. The fourth-order valence-electron chi connectivity index (χ4n) is 3.82. The van der Waals surface area contributed by atoms with E-state index in [9.17, 15) is 25.2 Å². The Morgan fingerprint density at radius 1 is 1.16 bits per heavy atom. The summed E-state index contributed by atoms with van der Waals surface area (Å²) in [7, 11) is 0. The van der Waals surface area contributed by atoms with Gasteiger partial charge >= 0.3 is 0 Å². The summed E-state index contributed by atoms with van der Waals surface area (Å²) in [4.78, 5) is 12.6. The largest absolute Gasteiger partial charge is 0.504 e. The Balaban J connectivity index is 1.63. The van der Waals surface area contributed by atoms with Gasteiger partial charge in [-0.3, -0.25) is 4.79 Å². The predicted molar refractivity (Wildman–Crippen MR) is 111 cm³/mol. The number of carbonyl (C=O) groups is 1. The van der Waals surface area contributed by atoms with E-state index >= 15 is 0 Å². The van der Waals surface area contributed by atoms with E-state index in [4.69, 9.17) is 14.2 Å². The van der Waals surface area contributed by atoms with E-state index in [0.717, 1.165) is 19.3 Å². The molecule has 1 saturated heterocycles. The Morgan fingerprint density at radius 3 is 2.55 bits per heavy atom. The normalized spacial score (nSPS) is 30.7. The summed E-state index contributed by atoms with van der Waals surface area (Å²) in [5, 5.41) is 43.7. The zero-order valence-electron chi connectivity index (χ0n) is 17.7. The number of ether oxygens (including phenoxy) is 3. The molecule has 9 heteroatoms. The van der Waals surface area contributed by atoms with Crippen LogP contribution >= 0.6 is 0 Å². The molecule has 0 unspecified atom stereocenters. The highest BCUT2D eigenvalue weighted by molar-refractivity contribution is 5.97. The smallest absolute Gasteiger partial charge is 0.247 e. The molecule has 1 aliphatic carbocycles. The van der Waals surface area contributed by atoms with Crippen LogP contribution in [0.2, 0.25) is 0 Å². The number of hydrogen-bond donors (Lipinski definition) is 5. The maximum atomic E-state index is 12.6. The van der Waals surface area contributed by atoms with Gasteiger partial charge in [-0.1, -0.05) is 25.8 Å². The van der Waals surface area contributed by atoms with Gasteiger partial charge in [0, 0.05) is 5.57 Å². The van der Waals surface area contributed by atoms with Gasteiger partial charge in [0.15, 0.2) is 11.5 Å². The van der Waals surface area contributed by atoms with Crippen molar-refractivity contribution in [3.63, 3.8) is 0 Å². The highest BCUT2D eigenvalue weighted by Crippen LogP contribution is 2.31. The minimum Gasteiger partial charge on any atom is -0.504 e. The number of phenols is 1. The second kappa shape index (κ2) is 10.4. The monoisotopic (exact) mass is 437 g/mol. The van der Waals surface area contributed by atoms with Crippen LogP contribution in [0, 0.1) is 0 Å². The summed E-state index contributed by atoms with van der Waals surface area (Å²) in [5.41, 5.74) is 0.874. The van der Waals surface area contributed by atoms with Gasteiger partial charge in [0.2, 0.25) is 5.91 Å². The molecule has 1 heterocycles. The first-order valence-electron chi connectivity index (χ1n) is 10.6. The molecule has 1 aliphatic heterocycles. The molecule has 2 fully saturated rings. The molecule has 1 amide bonds. The van der Waals surface area contributed by atoms with E-state index in [1.165, 1.54) is 6.07 Å². The van der Waals surface area contributed by atoms with Gasteiger partial charge in [-0.25, -0.2) is 0 Å². The summed E-state index contributed by atoms with van der Waals surface area (Å²) < 4.78 is 16.0. The van der Waals surface area contributed by atoms with Crippen molar-refractivity contribution in [2.24, 2.45) is 0 Å². The van der Waals surface area contributed by atoms with E-state index in [-0.39, 0.29) is 18.1 Å². The zero-order valence-corrected chi connectivity index (χ0v) is 17.7. The number of carbonyl (C=O) groups excluding carboxylic acids is 1. The average Bonchev–Trinajstić information content (AvgIpc) is 3.24.